The molecule has 96 valence electrons. The molecule has 2 aromatic heterocycles. The normalized spacial score (nSPS) is 10.8. The van der Waals surface area contributed by atoms with E-state index in [1.165, 1.54) is 0 Å². The van der Waals surface area contributed by atoms with Gasteiger partial charge in [0, 0.05) is 0 Å². The second-order valence-electron chi connectivity index (χ2n) is 4.14. The Labute approximate surface area is 114 Å². The second kappa shape index (κ2) is 4.40. The van der Waals surface area contributed by atoms with Gasteiger partial charge in [0.1, 0.15) is 5.52 Å². The summed E-state index contributed by atoms with van der Waals surface area (Å²) in [7, 11) is 0. The number of aromatic amines is 1. The Bertz CT molecular complexity index is 751. The first kappa shape index (κ1) is 11.7. The molecule has 0 atom stereocenters. The molecule has 0 radical (unpaired) electrons. The van der Waals surface area contributed by atoms with Gasteiger partial charge in [-0.2, -0.15) is 9.97 Å². The van der Waals surface area contributed by atoms with Crippen molar-refractivity contribution in [2.75, 3.05) is 11.1 Å². The quantitative estimate of drug-likeness (QED) is 0.668. The number of hydrogen-bond acceptors (Lipinski definition) is 5. The molecule has 3 aromatic rings. The predicted octanol–water partition coefficient (Wildman–Crippen LogP) is 2.64. The fraction of sp³-hybridized carbons (Fsp3) is 0.0833. The maximum absolute atomic E-state index is 6.15. The highest BCUT2D eigenvalue weighted by molar-refractivity contribution is 6.33. The molecule has 0 amide bonds. The van der Waals surface area contributed by atoms with Gasteiger partial charge in [-0.3, -0.25) is 0 Å². The molecule has 0 fully saturated rings. The number of benzene rings is 1. The number of fused-ring (bicyclic) bond motifs is 1. The maximum atomic E-state index is 6.15. The fourth-order valence-corrected chi connectivity index (χ4v) is 1.97. The van der Waals surface area contributed by atoms with Crippen LogP contribution in [0.15, 0.2) is 24.5 Å². The van der Waals surface area contributed by atoms with Crippen LogP contribution < -0.4 is 11.1 Å². The van der Waals surface area contributed by atoms with Crippen LogP contribution >= 0.6 is 11.6 Å². The summed E-state index contributed by atoms with van der Waals surface area (Å²) in [5.41, 5.74) is 8.71. The summed E-state index contributed by atoms with van der Waals surface area (Å²) in [6.45, 7) is 1.99. The number of aryl methyl sites for hydroxylation is 1. The van der Waals surface area contributed by atoms with Gasteiger partial charge in [-0.05, 0) is 24.6 Å². The Hall–Kier alpha value is -2.34. The van der Waals surface area contributed by atoms with E-state index in [-0.39, 0.29) is 5.95 Å². The molecule has 0 unspecified atom stereocenters. The van der Waals surface area contributed by atoms with Crippen molar-refractivity contribution < 1.29 is 0 Å². The van der Waals surface area contributed by atoms with Gasteiger partial charge in [0.25, 0.3) is 0 Å². The van der Waals surface area contributed by atoms with Crippen LogP contribution in [0.4, 0.5) is 17.5 Å². The van der Waals surface area contributed by atoms with Crippen molar-refractivity contribution in [2.45, 2.75) is 6.92 Å². The van der Waals surface area contributed by atoms with Crippen molar-refractivity contribution >= 4 is 40.2 Å². The van der Waals surface area contributed by atoms with Gasteiger partial charge < -0.3 is 16.0 Å². The molecular weight excluding hydrogens is 264 g/mol. The number of nitrogens with zero attached hydrogens (tertiary/aromatic N) is 3. The van der Waals surface area contributed by atoms with Crippen LogP contribution in [0.1, 0.15) is 5.56 Å². The first-order chi connectivity index (χ1) is 9.13. The van der Waals surface area contributed by atoms with Crippen LogP contribution in [0.3, 0.4) is 0 Å². The molecule has 0 aliphatic carbocycles. The number of nitrogens with one attached hydrogen (secondary N) is 2. The third-order valence-electron chi connectivity index (χ3n) is 2.68. The van der Waals surface area contributed by atoms with Crippen LogP contribution in [-0.4, -0.2) is 19.9 Å². The lowest BCUT2D eigenvalue weighted by molar-refractivity contribution is 1.21. The average Bonchev–Trinajstić information content (AvgIpc) is 2.82. The van der Waals surface area contributed by atoms with E-state index < -0.39 is 0 Å². The minimum absolute atomic E-state index is 0.158. The lowest BCUT2D eigenvalue weighted by Crippen LogP contribution is -2.01. The summed E-state index contributed by atoms with van der Waals surface area (Å²) >= 11 is 6.15. The Balaban J connectivity index is 2.10. The zero-order valence-electron chi connectivity index (χ0n) is 10.1. The van der Waals surface area contributed by atoms with Gasteiger partial charge in [-0.15, -0.1) is 0 Å². The van der Waals surface area contributed by atoms with Crippen molar-refractivity contribution in [1.82, 2.24) is 19.9 Å². The third-order valence-corrected chi connectivity index (χ3v) is 3.01. The number of nitrogen functional groups attached to an aromatic ring is 1. The van der Waals surface area contributed by atoms with Gasteiger partial charge >= 0.3 is 0 Å². The van der Waals surface area contributed by atoms with Crippen molar-refractivity contribution in [2.24, 2.45) is 0 Å². The van der Waals surface area contributed by atoms with E-state index in [2.05, 4.69) is 25.3 Å². The first-order valence-electron chi connectivity index (χ1n) is 5.63. The zero-order valence-corrected chi connectivity index (χ0v) is 10.9. The topological polar surface area (TPSA) is 92.5 Å². The molecular formula is C12H11ClN6. The van der Waals surface area contributed by atoms with E-state index in [1.54, 1.807) is 6.33 Å². The molecule has 0 saturated carbocycles. The smallest absolute Gasteiger partial charge is 0.224 e. The van der Waals surface area contributed by atoms with E-state index in [1.807, 2.05) is 25.1 Å². The zero-order chi connectivity index (χ0) is 13.4. The van der Waals surface area contributed by atoms with Crippen molar-refractivity contribution in [3.05, 3.63) is 35.1 Å². The predicted molar refractivity (Wildman–Crippen MR) is 75.6 cm³/mol. The number of H-pyrrole nitrogens is 1. The molecule has 0 saturated heterocycles. The largest absolute Gasteiger partial charge is 0.368 e. The highest BCUT2D eigenvalue weighted by atomic mass is 35.5. The standard InChI is InChI=1S/C12H11ClN6/c1-6-2-3-7(13)8(4-6)17-11-9-10(16-5-15-9)18-12(14)19-11/h2-5H,1H3,(H4,14,15,16,17,18,19). The molecule has 0 aliphatic rings. The van der Waals surface area contributed by atoms with Crippen LogP contribution in [0, 0.1) is 6.92 Å². The summed E-state index contributed by atoms with van der Waals surface area (Å²) < 4.78 is 0. The molecule has 7 heteroatoms. The summed E-state index contributed by atoms with van der Waals surface area (Å²) in [4.78, 5) is 15.2. The van der Waals surface area contributed by atoms with Crippen LogP contribution in [-0.2, 0) is 0 Å². The number of imidazole rings is 1. The maximum Gasteiger partial charge on any atom is 0.224 e. The molecule has 1 aromatic carbocycles. The molecule has 0 bridgehead atoms. The Morgan fingerprint density at radius 2 is 2.16 bits per heavy atom. The molecule has 0 spiro atoms. The minimum Gasteiger partial charge on any atom is -0.368 e. The molecule has 2 heterocycles. The number of aromatic nitrogens is 4. The minimum atomic E-state index is 0.158. The van der Waals surface area contributed by atoms with Crippen LogP contribution in [0.2, 0.25) is 5.02 Å². The van der Waals surface area contributed by atoms with Gasteiger partial charge in [-0.25, -0.2) is 4.98 Å². The van der Waals surface area contributed by atoms with E-state index in [0.29, 0.717) is 22.0 Å². The van der Waals surface area contributed by atoms with Crippen molar-refractivity contribution in [3.8, 4) is 0 Å². The highest BCUT2D eigenvalue weighted by Crippen LogP contribution is 2.28. The Morgan fingerprint density at radius 1 is 1.32 bits per heavy atom. The SMILES string of the molecule is Cc1ccc(Cl)c(Nc2nc(N)nc3nc[nH]c23)c1. The lowest BCUT2D eigenvalue weighted by Gasteiger charge is -2.09. The summed E-state index contributed by atoms with van der Waals surface area (Å²) in [6, 6.07) is 5.70. The molecule has 6 nitrogen and oxygen atoms in total. The van der Waals surface area contributed by atoms with Crippen LogP contribution in [0.25, 0.3) is 11.2 Å². The number of halogens is 1. The van der Waals surface area contributed by atoms with Crippen LogP contribution in [0.5, 0.6) is 0 Å². The molecule has 0 aliphatic heterocycles. The Kier molecular flexibility index (Phi) is 2.72. The van der Waals surface area contributed by atoms with E-state index in [0.717, 1.165) is 11.3 Å². The van der Waals surface area contributed by atoms with Crippen molar-refractivity contribution in [3.63, 3.8) is 0 Å². The number of nitrogens with two attached hydrogens (primary N) is 1. The molecule has 4 N–H and O–H groups in total. The lowest BCUT2D eigenvalue weighted by atomic mass is 10.2. The molecule has 3 rings (SSSR count). The summed E-state index contributed by atoms with van der Waals surface area (Å²) in [6.07, 6.45) is 1.54. The monoisotopic (exact) mass is 274 g/mol. The second-order valence-corrected chi connectivity index (χ2v) is 4.55. The van der Waals surface area contributed by atoms with E-state index in [4.69, 9.17) is 17.3 Å². The van der Waals surface area contributed by atoms with Gasteiger partial charge in [0.2, 0.25) is 5.95 Å². The third kappa shape index (κ3) is 2.17. The van der Waals surface area contributed by atoms with E-state index in [9.17, 15) is 0 Å². The van der Waals surface area contributed by atoms with Gasteiger partial charge in [0.15, 0.2) is 11.5 Å². The number of rotatable bonds is 2. The van der Waals surface area contributed by atoms with Crippen molar-refractivity contribution in [1.29, 1.82) is 0 Å². The molecule has 19 heavy (non-hydrogen) atoms. The number of anilines is 3. The van der Waals surface area contributed by atoms with E-state index >= 15 is 0 Å². The first-order valence-corrected chi connectivity index (χ1v) is 6.01. The Morgan fingerprint density at radius 3 is 3.00 bits per heavy atom. The van der Waals surface area contributed by atoms with Gasteiger partial charge in [-0.1, -0.05) is 17.7 Å². The number of hydrogen-bond donors (Lipinski definition) is 3. The summed E-state index contributed by atoms with van der Waals surface area (Å²) in [5.74, 6) is 0.707. The highest BCUT2D eigenvalue weighted by Gasteiger charge is 2.10. The van der Waals surface area contributed by atoms with Gasteiger partial charge in [0.05, 0.1) is 17.0 Å². The fourth-order valence-electron chi connectivity index (χ4n) is 1.80. The average molecular weight is 275 g/mol. The summed E-state index contributed by atoms with van der Waals surface area (Å²) in [5, 5.41) is 3.76.